The summed E-state index contributed by atoms with van der Waals surface area (Å²) in [5, 5.41) is 3.29. The highest BCUT2D eigenvalue weighted by Gasteiger charge is 2.34. The molecule has 0 saturated heterocycles. The summed E-state index contributed by atoms with van der Waals surface area (Å²) in [5.41, 5.74) is 1.59. The van der Waals surface area contributed by atoms with Gasteiger partial charge in [0, 0.05) is 6.54 Å². The van der Waals surface area contributed by atoms with E-state index in [-0.39, 0.29) is 23.2 Å². The third-order valence-electron chi connectivity index (χ3n) is 3.98. The first-order chi connectivity index (χ1) is 11.1. The van der Waals surface area contributed by atoms with Crippen LogP contribution in [0.4, 0.5) is 15.9 Å². The minimum absolute atomic E-state index is 0.0731. The molecular formula is C16H16ClFN4O. The van der Waals surface area contributed by atoms with Gasteiger partial charge < -0.3 is 15.0 Å². The number of benzene rings is 1. The fourth-order valence-electron chi connectivity index (χ4n) is 2.88. The van der Waals surface area contributed by atoms with Gasteiger partial charge in [-0.3, -0.25) is 0 Å². The summed E-state index contributed by atoms with van der Waals surface area (Å²) in [7, 11) is 0. The van der Waals surface area contributed by atoms with Crippen molar-refractivity contribution >= 4 is 29.4 Å². The average Bonchev–Trinajstić information content (AvgIpc) is 2.56. The Morgan fingerprint density at radius 2 is 2.13 bits per heavy atom. The maximum Gasteiger partial charge on any atom is 0.224 e. The van der Waals surface area contributed by atoms with Crippen molar-refractivity contribution < 1.29 is 9.18 Å². The van der Waals surface area contributed by atoms with Gasteiger partial charge >= 0.3 is 0 Å². The highest BCUT2D eigenvalue weighted by atomic mass is 35.5. The summed E-state index contributed by atoms with van der Waals surface area (Å²) >= 11 is 5.93. The first-order valence-electron chi connectivity index (χ1n) is 7.38. The van der Waals surface area contributed by atoms with Gasteiger partial charge in [0.15, 0.2) is 5.82 Å². The molecule has 1 aliphatic heterocycles. The predicted molar refractivity (Wildman–Crippen MR) is 87.2 cm³/mol. The number of nitrogens with one attached hydrogen (secondary N) is 1. The van der Waals surface area contributed by atoms with E-state index in [1.165, 1.54) is 12.1 Å². The van der Waals surface area contributed by atoms with Crippen molar-refractivity contribution in [2.75, 3.05) is 10.2 Å². The summed E-state index contributed by atoms with van der Waals surface area (Å²) < 4.78 is 13.1. The molecule has 1 aromatic heterocycles. The van der Waals surface area contributed by atoms with Crippen molar-refractivity contribution in [1.82, 2.24) is 9.97 Å². The van der Waals surface area contributed by atoms with Crippen molar-refractivity contribution in [3.8, 4) is 0 Å². The zero-order chi connectivity index (χ0) is 16.4. The Labute approximate surface area is 138 Å². The van der Waals surface area contributed by atoms with Gasteiger partial charge in [-0.1, -0.05) is 19.1 Å². The van der Waals surface area contributed by atoms with E-state index in [2.05, 4.69) is 15.3 Å². The van der Waals surface area contributed by atoms with Crippen LogP contribution in [-0.2, 0) is 11.3 Å². The largest absolute Gasteiger partial charge is 0.370 e. The summed E-state index contributed by atoms with van der Waals surface area (Å²) in [6, 6.07) is 5.85. The van der Waals surface area contributed by atoms with E-state index in [0.29, 0.717) is 18.1 Å². The SMILES string of the molecule is CCC1C(C=O)Nc2cnc(Cl)nc2N1Cc1ccc(F)cc1. The van der Waals surface area contributed by atoms with Crippen LogP contribution in [0.1, 0.15) is 18.9 Å². The second-order valence-corrected chi connectivity index (χ2v) is 5.75. The van der Waals surface area contributed by atoms with Gasteiger partial charge in [-0.15, -0.1) is 0 Å². The van der Waals surface area contributed by atoms with Crippen molar-refractivity contribution in [1.29, 1.82) is 0 Å². The van der Waals surface area contributed by atoms with Crippen LogP contribution in [0.25, 0.3) is 0 Å². The van der Waals surface area contributed by atoms with Crippen molar-refractivity contribution in [3.63, 3.8) is 0 Å². The molecule has 0 bridgehead atoms. The van der Waals surface area contributed by atoms with Crippen LogP contribution in [-0.4, -0.2) is 28.3 Å². The molecule has 7 heteroatoms. The van der Waals surface area contributed by atoms with E-state index in [9.17, 15) is 9.18 Å². The van der Waals surface area contributed by atoms with E-state index in [1.54, 1.807) is 18.3 Å². The predicted octanol–water partition coefficient (Wildman–Crippen LogP) is 3.05. The Kier molecular flexibility index (Phi) is 4.43. The number of carbonyl (C=O) groups is 1. The fraction of sp³-hybridized carbons (Fsp3) is 0.312. The molecule has 0 radical (unpaired) electrons. The Morgan fingerprint density at radius 3 is 2.78 bits per heavy atom. The molecule has 0 aliphatic carbocycles. The quantitative estimate of drug-likeness (QED) is 0.688. The topological polar surface area (TPSA) is 58.1 Å². The van der Waals surface area contributed by atoms with Gasteiger partial charge in [-0.05, 0) is 35.7 Å². The average molecular weight is 335 g/mol. The van der Waals surface area contributed by atoms with Gasteiger partial charge in [0.25, 0.3) is 0 Å². The second kappa shape index (κ2) is 6.50. The number of hydrogen-bond donors (Lipinski definition) is 1. The summed E-state index contributed by atoms with van der Waals surface area (Å²) in [5.74, 6) is 0.372. The van der Waals surface area contributed by atoms with Crippen molar-refractivity contribution in [3.05, 3.63) is 47.1 Å². The lowest BCUT2D eigenvalue weighted by Crippen LogP contribution is -2.51. The number of fused-ring (bicyclic) bond motifs is 1. The molecule has 0 saturated carbocycles. The molecule has 2 atom stereocenters. The normalized spacial score (nSPS) is 19.9. The van der Waals surface area contributed by atoms with Gasteiger partial charge in [-0.2, -0.15) is 4.98 Å². The van der Waals surface area contributed by atoms with Crippen LogP contribution < -0.4 is 10.2 Å². The second-order valence-electron chi connectivity index (χ2n) is 5.41. The summed E-state index contributed by atoms with van der Waals surface area (Å²) in [6.07, 6.45) is 3.22. The molecule has 0 spiro atoms. The zero-order valence-corrected chi connectivity index (χ0v) is 13.3. The number of aldehydes is 1. The molecule has 5 nitrogen and oxygen atoms in total. The highest BCUT2D eigenvalue weighted by Crippen LogP contribution is 2.34. The molecule has 2 unspecified atom stereocenters. The van der Waals surface area contributed by atoms with E-state index in [1.807, 2.05) is 11.8 Å². The van der Waals surface area contributed by atoms with E-state index < -0.39 is 0 Å². The van der Waals surface area contributed by atoms with Gasteiger partial charge in [0.1, 0.15) is 18.1 Å². The number of hydrogen-bond acceptors (Lipinski definition) is 5. The van der Waals surface area contributed by atoms with E-state index in [0.717, 1.165) is 18.3 Å². The maximum absolute atomic E-state index is 13.1. The third-order valence-corrected chi connectivity index (χ3v) is 4.16. The lowest BCUT2D eigenvalue weighted by molar-refractivity contribution is -0.108. The molecule has 2 aromatic rings. The molecule has 1 aromatic carbocycles. The number of anilines is 2. The molecule has 1 aliphatic rings. The molecule has 3 rings (SSSR count). The minimum Gasteiger partial charge on any atom is -0.370 e. The lowest BCUT2D eigenvalue weighted by atomic mass is 10.0. The number of halogens is 2. The van der Waals surface area contributed by atoms with Crippen LogP contribution in [0.2, 0.25) is 5.28 Å². The molecule has 120 valence electrons. The first kappa shape index (κ1) is 15.7. The Balaban J connectivity index is 2.01. The molecule has 2 heterocycles. The number of aromatic nitrogens is 2. The Bertz CT molecular complexity index is 710. The number of carbonyl (C=O) groups excluding carboxylic acids is 1. The number of nitrogens with zero attached hydrogens (tertiary/aromatic N) is 3. The van der Waals surface area contributed by atoms with Crippen molar-refractivity contribution in [2.24, 2.45) is 0 Å². The minimum atomic E-state index is -0.363. The van der Waals surface area contributed by atoms with Crippen LogP contribution in [0.15, 0.2) is 30.5 Å². The highest BCUT2D eigenvalue weighted by molar-refractivity contribution is 6.28. The van der Waals surface area contributed by atoms with Gasteiger partial charge in [0.2, 0.25) is 5.28 Å². The third kappa shape index (κ3) is 3.12. The smallest absolute Gasteiger partial charge is 0.224 e. The van der Waals surface area contributed by atoms with Crippen molar-refractivity contribution in [2.45, 2.75) is 32.0 Å². The van der Waals surface area contributed by atoms with Crippen LogP contribution in [0.5, 0.6) is 0 Å². The van der Waals surface area contributed by atoms with Crippen LogP contribution >= 0.6 is 11.6 Å². The molecular weight excluding hydrogens is 319 g/mol. The van der Waals surface area contributed by atoms with E-state index >= 15 is 0 Å². The van der Waals surface area contributed by atoms with Gasteiger partial charge in [0.05, 0.1) is 17.9 Å². The molecule has 0 fully saturated rings. The fourth-order valence-corrected chi connectivity index (χ4v) is 3.01. The van der Waals surface area contributed by atoms with E-state index in [4.69, 9.17) is 11.6 Å². The maximum atomic E-state index is 13.1. The Morgan fingerprint density at radius 1 is 1.39 bits per heavy atom. The first-order valence-corrected chi connectivity index (χ1v) is 7.75. The van der Waals surface area contributed by atoms with Crippen LogP contribution in [0, 0.1) is 5.82 Å². The van der Waals surface area contributed by atoms with Gasteiger partial charge in [-0.25, -0.2) is 9.37 Å². The molecule has 23 heavy (non-hydrogen) atoms. The monoisotopic (exact) mass is 334 g/mol. The summed E-state index contributed by atoms with van der Waals surface area (Å²) in [4.78, 5) is 21.7. The molecule has 0 amide bonds. The number of rotatable bonds is 4. The van der Waals surface area contributed by atoms with Crippen LogP contribution in [0.3, 0.4) is 0 Å². The standard InChI is InChI=1S/C16H16ClFN4O/c1-2-14-13(9-23)20-12-7-19-16(17)21-15(12)22(14)8-10-3-5-11(18)6-4-10/h3-7,9,13-14,20H,2,8H2,1H3. The molecule has 1 N–H and O–H groups in total. The lowest BCUT2D eigenvalue weighted by Gasteiger charge is -2.41. The summed E-state index contributed by atoms with van der Waals surface area (Å²) in [6.45, 7) is 2.51. The zero-order valence-electron chi connectivity index (χ0n) is 12.5. The Hall–Kier alpha value is -2.21.